The fraction of sp³-hybridized carbons (Fsp3) is 0. The Morgan fingerprint density at radius 3 is 1.48 bits per heavy atom. The van der Waals surface area contributed by atoms with Gasteiger partial charge < -0.3 is 0 Å². The minimum absolute atomic E-state index is 0.647. The molecule has 7 aromatic carbocycles. The Morgan fingerprint density at radius 2 is 0.750 bits per heavy atom. The Morgan fingerprint density at radius 1 is 0.273 bits per heavy atom. The van der Waals surface area contributed by atoms with Crippen molar-refractivity contribution in [1.29, 1.82) is 0 Å². The van der Waals surface area contributed by atoms with Crippen molar-refractivity contribution >= 4 is 21.5 Å². The summed E-state index contributed by atoms with van der Waals surface area (Å²) in [4.78, 5) is 15.2. The zero-order valence-electron chi connectivity index (χ0n) is 23.9. The maximum atomic E-state index is 5.12. The summed E-state index contributed by atoms with van der Waals surface area (Å²) in [6.45, 7) is 0. The Labute approximate surface area is 256 Å². The smallest absolute Gasteiger partial charge is 0.164 e. The van der Waals surface area contributed by atoms with E-state index in [0.29, 0.717) is 17.5 Å². The van der Waals surface area contributed by atoms with E-state index in [1.807, 2.05) is 36.4 Å². The molecule has 8 rings (SSSR count). The van der Waals surface area contributed by atoms with Gasteiger partial charge in [0.2, 0.25) is 0 Å². The number of nitrogens with zero attached hydrogens (tertiary/aromatic N) is 3. The zero-order chi connectivity index (χ0) is 29.3. The van der Waals surface area contributed by atoms with Gasteiger partial charge >= 0.3 is 0 Å². The molecule has 0 spiro atoms. The third kappa shape index (κ3) is 4.81. The van der Waals surface area contributed by atoms with Gasteiger partial charge in [-0.25, -0.2) is 15.0 Å². The molecule has 0 amide bonds. The van der Waals surface area contributed by atoms with Crippen LogP contribution in [0, 0.1) is 0 Å². The first-order chi connectivity index (χ1) is 21.8. The molecule has 3 heteroatoms. The lowest BCUT2D eigenvalue weighted by Crippen LogP contribution is -2.01. The van der Waals surface area contributed by atoms with Crippen LogP contribution in [0.3, 0.4) is 0 Å². The maximum absolute atomic E-state index is 5.12. The molecule has 3 nitrogen and oxygen atoms in total. The number of aromatic nitrogens is 3. The van der Waals surface area contributed by atoms with E-state index in [0.717, 1.165) is 38.6 Å². The van der Waals surface area contributed by atoms with Gasteiger partial charge in [0.25, 0.3) is 0 Å². The van der Waals surface area contributed by atoms with Crippen molar-refractivity contribution in [2.45, 2.75) is 0 Å². The second-order valence-corrected chi connectivity index (χ2v) is 10.9. The molecule has 206 valence electrons. The standard InChI is InChI=1S/C41H27N3/c1-3-12-28(13-4-1)29-22-24-30(25-23-29)32-17-11-18-34(26-32)40-42-39(31-14-5-2-6-15-31)43-41(44-40)38-27-33-16-7-8-19-35(33)36-20-9-10-21-37(36)38/h1-27H. The Bertz CT molecular complexity index is 2260. The molecule has 0 saturated carbocycles. The van der Waals surface area contributed by atoms with Gasteiger partial charge in [-0.2, -0.15) is 0 Å². The van der Waals surface area contributed by atoms with Crippen molar-refractivity contribution in [1.82, 2.24) is 15.0 Å². The summed E-state index contributed by atoms with van der Waals surface area (Å²) < 4.78 is 0. The minimum Gasteiger partial charge on any atom is -0.208 e. The van der Waals surface area contributed by atoms with E-state index in [1.54, 1.807) is 0 Å². The topological polar surface area (TPSA) is 38.7 Å². The van der Waals surface area contributed by atoms with Gasteiger partial charge in [-0.1, -0.05) is 152 Å². The fourth-order valence-electron chi connectivity index (χ4n) is 5.90. The van der Waals surface area contributed by atoms with Gasteiger partial charge in [0, 0.05) is 16.7 Å². The van der Waals surface area contributed by atoms with Crippen molar-refractivity contribution in [3.8, 4) is 56.4 Å². The van der Waals surface area contributed by atoms with Crippen LogP contribution in [0.2, 0.25) is 0 Å². The molecule has 1 aromatic heterocycles. The summed E-state index contributed by atoms with van der Waals surface area (Å²) in [5.41, 5.74) is 7.55. The van der Waals surface area contributed by atoms with Gasteiger partial charge in [0.1, 0.15) is 0 Å². The Kier molecular flexibility index (Phi) is 6.47. The second kappa shape index (κ2) is 11.0. The van der Waals surface area contributed by atoms with Crippen molar-refractivity contribution in [2.75, 3.05) is 0 Å². The van der Waals surface area contributed by atoms with E-state index in [2.05, 4.69) is 127 Å². The van der Waals surface area contributed by atoms with Gasteiger partial charge in [0.05, 0.1) is 0 Å². The maximum Gasteiger partial charge on any atom is 0.164 e. The predicted molar refractivity (Wildman–Crippen MR) is 182 cm³/mol. The zero-order valence-corrected chi connectivity index (χ0v) is 23.9. The quantitative estimate of drug-likeness (QED) is 0.196. The van der Waals surface area contributed by atoms with Gasteiger partial charge in [-0.05, 0) is 55.9 Å². The number of rotatable bonds is 5. The van der Waals surface area contributed by atoms with Gasteiger partial charge in [-0.15, -0.1) is 0 Å². The molecule has 0 bridgehead atoms. The molecule has 0 N–H and O–H groups in total. The molecule has 0 radical (unpaired) electrons. The predicted octanol–water partition coefficient (Wildman–Crippen LogP) is 10.5. The molecule has 0 fully saturated rings. The van der Waals surface area contributed by atoms with E-state index >= 15 is 0 Å². The molecule has 0 atom stereocenters. The lowest BCUT2D eigenvalue weighted by atomic mass is 9.96. The second-order valence-electron chi connectivity index (χ2n) is 10.9. The van der Waals surface area contributed by atoms with Crippen LogP contribution in [0.1, 0.15) is 0 Å². The summed E-state index contributed by atoms with van der Waals surface area (Å²) >= 11 is 0. The van der Waals surface area contributed by atoms with Crippen LogP contribution in [-0.4, -0.2) is 15.0 Å². The number of hydrogen-bond acceptors (Lipinski definition) is 3. The summed E-state index contributed by atoms with van der Waals surface area (Å²) in [7, 11) is 0. The molecule has 0 aliphatic heterocycles. The molecule has 0 unspecified atom stereocenters. The highest BCUT2D eigenvalue weighted by atomic mass is 15.0. The van der Waals surface area contributed by atoms with Crippen LogP contribution in [0.4, 0.5) is 0 Å². The molecule has 0 saturated heterocycles. The SMILES string of the molecule is c1ccc(-c2ccc(-c3cccc(-c4nc(-c5ccccc5)nc(-c5cc6ccccc6c6ccccc56)n4)c3)cc2)cc1. The van der Waals surface area contributed by atoms with E-state index in [-0.39, 0.29) is 0 Å². The first kappa shape index (κ1) is 25.8. The minimum atomic E-state index is 0.647. The average molecular weight is 562 g/mol. The Hall–Kier alpha value is -5.93. The van der Waals surface area contributed by atoms with E-state index in [9.17, 15) is 0 Å². The summed E-state index contributed by atoms with van der Waals surface area (Å²) in [6, 6.07) is 57.0. The lowest BCUT2D eigenvalue weighted by Gasteiger charge is -2.13. The highest BCUT2D eigenvalue weighted by molar-refractivity contribution is 6.13. The van der Waals surface area contributed by atoms with E-state index in [4.69, 9.17) is 15.0 Å². The highest BCUT2D eigenvalue weighted by Crippen LogP contribution is 2.35. The van der Waals surface area contributed by atoms with E-state index in [1.165, 1.54) is 21.9 Å². The molecule has 0 aliphatic rings. The van der Waals surface area contributed by atoms with E-state index < -0.39 is 0 Å². The largest absolute Gasteiger partial charge is 0.208 e. The molecular formula is C41H27N3. The van der Waals surface area contributed by atoms with Crippen molar-refractivity contribution < 1.29 is 0 Å². The number of fused-ring (bicyclic) bond motifs is 3. The van der Waals surface area contributed by atoms with Crippen LogP contribution >= 0.6 is 0 Å². The normalized spacial score (nSPS) is 11.2. The first-order valence-corrected chi connectivity index (χ1v) is 14.8. The van der Waals surface area contributed by atoms with Gasteiger partial charge in [-0.3, -0.25) is 0 Å². The van der Waals surface area contributed by atoms with Crippen molar-refractivity contribution in [3.05, 3.63) is 164 Å². The number of hydrogen-bond donors (Lipinski definition) is 0. The average Bonchev–Trinajstić information content (AvgIpc) is 3.12. The molecule has 0 aliphatic carbocycles. The first-order valence-electron chi connectivity index (χ1n) is 14.8. The molecule has 1 heterocycles. The highest BCUT2D eigenvalue weighted by Gasteiger charge is 2.16. The summed E-state index contributed by atoms with van der Waals surface area (Å²) in [5.74, 6) is 1.96. The summed E-state index contributed by atoms with van der Waals surface area (Å²) in [5, 5.41) is 4.68. The fourth-order valence-corrected chi connectivity index (χ4v) is 5.90. The van der Waals surface area contributed by atoms with Crippen LogP contribution in [0.15, 0.2) is 164 Å². The lowest BCUT2D eigenvalue weighted by molar-refractivity contribution is 1.08. The third-order valence-electron chi connectivity index (χ3n) is 8.12. The third-order valence-corrected chi connectivity index (χ3v) is 8.12. The number of benzene rings is 7. The van der Waals surface area contributed by atoms with Crippen LogP contribution < -0.4 is 0 Å². The Balaban J connectivity index is 1.28. The monoisotopic (exact) mass is 561 g/mol. The van der Waals surface area contributed by atoms with Crippen LogP contribution in [0.5, 0.6) is 0 Å². The van der Waals surface area contributed by atoms with Crippen LogP contribution in [-0.2, 0) is 0 Å². The van der Waals surface area contributed by atoms with Crippen molar-refractivity contribution in [2.24, 2.45) is 0 Å². The van der Waals surface area contributed by atoms with Crippen molar-refractivity contribution in [3.63, 3.8) is 0 Å². The van der Waals surface area contributed by atoms with Crippen LogP contribution in [0.25, 0.3) is 78.0 Å². The molecular weight excluding hydrogens is 534 g/mol. The molecule has 44 heavy (non-hydrogen) atoms. The summed E-state index contributed by atoms with van der Waals surface area (Å²) in [6.07, 6.45) is 0. The molecule has 8 aromatic rings. The van der Waals surface area contributed by atoms with Gasteiger partial charge in [0.15, 0.2) is 17.5 Å².